The highest BCUT2D eigenvalue weighted by atomic mass is 35.5. The van der Waals surface area contributed by atoms with E-state index < -0.39 is 0 Å². The molecule has 2 nitrogen and oxygen atoms in total. The summed E-state index contributed by atoms with van der Waals surface area (Å²) in [5, 5.41) is 0.388. The van der Waals surface area contributed by atoms with Crippen LogP contribution in [0.2, 0.25) is 5.22 Å². The first-order valence-electron chi connectivity index (χ1n) is 3.34. The lowest BCUT2D eigenvalue weighted by molar-refractivity contribution is -0.107. The molecule has 1 heterocycles. The molecule has 0 aliphatic heterocycles. The van der Waals surface area contributed by atoms with Crippen molar-refractivity contribution >= 4 is 17.9 Å². The molecule has 0 saturated heterocycles. The molecule has 0 spiro atoms. The first-order valence-corrected chi connectivity index (χ1v) is 3.72. The summed E-state index contributed by atoms with van der Waals surface area (Å²) in [5.74, 6) is 0.736. The summed E-state index contributed by atoms with van der Waals surface area (Å²) in [6.45, 7) is 3.65. The number of furan rings is 1. The van der Waals surface area contributed by atoms with E-state index in [-0.39, 0.29) is 0 Å². The molecule has 0 aliphatic rings. The summed E-state index contributed by atoms with van der Waals surface area (Å²) in [6, 6.07) is 0. The Labute approximate surface area is 70.2 Å². The van der Waals surface area contributed by atoms with Crippen molar-refractivity contribution in [1.82, 2.24) is 0 Å². The zero-order valence-corrected chi connectivity index (χ0v) is 7.23. The molecule has 0 radical (unpaired) electrons. The molecule has 0 fully saturated rings. The first-order chi connectivity index (χ1) is 5.16. The van der Waals surface area contributed by atoms with Gasteiger partial charge in [-0.05, 0) is 25.4 Å². The Morgan fingerprint density at radius 2 is 2.18 bits per heavy atom. The van der Waals surface area contributed by atoms with Crippen LogP contribution in [0.1, 0.15) is 16.9 Å². The molecule has 0 unspecified atom stereocenters. The van der Waals surface area contributed by atoms with Crippen LogP contribution >= 0.6 is 11.6 Å². The number of rotatable bonds is 2. The highest BCUT2D eigenvalue weighted by Crippen LogP contribution is 2.25. The Balaban J connectivity index is 3.11. The van der Waals surface area contributed by atoms with E-state index >= 15 is 0 Å². The SMILES string of the molecule is Cc1oc(Cl)c(C)c1CC=O. The number of hydrogen-bond donors (Lipinski definition) is 0. The molecule has 0 aliphatic carbocycles. The predicted octanol–water partition coefficient (Wildman–Crippen LogP) is 2.29. The maximum atomic E-state index is 10.2. The van der Waals surface area contributed by atoms with Crippen LogP contribution in [0.5, 0.6) is 0 Å². The van der Waals surface area contributed by atoms with Crippen molar-refractivity contribution in [2.45, 2.75) is 20.3 Å². The molecule has 11 heavy (non-hydrogen) atoms. The monoisotopic (exact) mass is 172 g/mol. The Morgan fingerprint density at radius 1 is 1.55 bits per heavy atom. The Hall–Kier alpha value is -0.760. The van der Waals surface area contributed by atoms with Gasteiger partial charge in [-0.15, -0.1) is 0 Å². The van der Waals surface area contributed by atoms with Crippen LogP contribution in [-0.2, 0) is 11.2 Å². The third kappa shape index (κ3) is 1.46. The first kappa shape index (κ1) is 8.34. The third-order valence-corrected chi connectivity index (χ3v) is 2.06. The molecule has 0 aromatic carbocycles. The van der Waals surface area contributed by atoms with Crippen LogP contribution in [0.3, 0.4) is 0 Å². The number of hydrogen-bond acceptors (Lipinski definition) is 2. The van der Waals surface area contributed by atoms with E-state index in [0.717, 1.165) is 23.2 Å². The highest BCUT2D eigenvalue weighted by Gasteiger charge is 2.10. The number of carbonyl (C=O) groups is 1. The molecule has 1 aromatic heterocycles. The zero-order chi connectivity index (χ0) is 8.43. The van der Waals surface area contributed by atoms with Crippen LogP contribution in [-0.4, -0.2) is 6.29 Å². The van der Waals surface area contributed by atoms with Crippen LogP contribution in [0, 0.1) is 13.8 Å². The van der Waals surface area contributed by atoms with E-state index in [9.17, 15) is 4.79 Å². The molecule has 60 valence electrons. The maximum absolute atomic E-state index is 10.2. The summed E-state index contributed by atoms with van der Waals surface area (Å²) >= 11 is 5.69. The van der Waals surface area contributed by atoms with E-state index in [0.29, 0.717) is 11.6 Å². The summed E-state index contributed by atoms with van der Waals surface area (Å²) in [7, 11) is 0. The second-order valence-corrected chi connectivity index (χ2v) is 2.75. The minimum atomic E-state index is 0.383. The molecule has 0 saturated carbocycles. The average Bonchev–Trinajstić information content (AvgIpc) is 2.17. The van der Waals surface area contributed by atoms with Crippen LogP contribution < -0.4 is 0 Å². The van der Waals surface area contributed by atoms with Gasteiger partial charge in [0.25, 0.3) is 0 Å². The summed E-state index contributed by atoms with van der Waals surface area (Å²) in [6.07, 6.45) is 1.23. The Kier molecular flexibility index (Phi) is 2.35. The average molecular weight is 173 g/mol. The molecule has 0 N–H and O–H groups in total. The number of aryl methyl sites for hydroxylation is 1. The van der Waals surface area contributed by atoms with Crippen LogP contribution in [0.25, 0.3) is 0 Å². The number of carbonyl (C=O) groups excluding carboxylic acids is 1. The minimum Gasteiger partial charge on any atom is -0.449 e. The van der Waals surface area contributed by atoms with Crippen LogP contribution in [0.15, 0.2) is 4.42 Å². The predicted molar refractivity (Wildman–Crippen MR) is 43.0 cm³/mol. The summed E-state index contributed by atoms with van der Waals surface area (Å²) in [5.41, 5.74) is 1.78. The molecular weight excluding hydrogens is 164 g/mol. The molecule has 0 amide bonds. The smallest absolute Gasteiger partial charge is 0.196 e. The van der Waals surface area contributed by atoms with Gasteiger partial charge in [-0.3, -0.25) is 0 Å². The molecule has 0 atom stereocenters. The highest BCUT2D eigenvalue weighted by molar-refractivity contribution is 6.29. The third-order valence-electron chi connectivity index (χ3n) is 1.70. The van der Waals surface area contributed by atoms with E-state index in [4.69, 9.17) is 16.0 Å². The second-order valence-electron chi connectivity index (χ2n) is 2.41. The van der Waals surface area contributed by atoms with Crippen LogP contribution in [0.4, 0.5) is 0 Å². The van der Waals surface area contributed by atoms with E-state index in [1.165, 1.54) is 0 Å². The van der Waals surface area contributed by atoms with Crippen molar-refractivity contribution in [3.8, 4) is 0 Å². The largest absolute Gasteiger partial charge is 0.449 e. The van der Waals surface area contributed by atoms with Gasteiger partial charge < -0.3 is 9.21 Å². The quantitative estimate of drug-likeness (QED) is 0.641. The molecular formula is C8H9ClO2. The van der Waals surface area contributed by atoms with Gasteiger partial charge in [0, 0.05) is 17.5 Å². The Bertz CT molecular complexity index is 276. The van der Waals surface area contributed by atoms with Crippen molar-refractivity contribution < 1.29 is 9.21 Å². The van der Waals surface area contributed by atoms with Crippen molar-refractivity contribution in [3.63, 3.8) is 0 Å². The normalized spacial score (nSPS) is 10.1. The lowest BCUT2D eigenvalue weighted by Crippen LogP contribution is -1.87. The molecule has 3 heteroatoms. The summed E-state index contributed by atoms with van der Waals surface area (Å²) < 4.78 is 5.10. The van der Waals surface area contributed by atoms with Gasteiger partial charge in [0.1, 0.15) is 12.0 Å². The lowest BCUT2D eigenvalue weighted by atomic mass is 10.1. The fourth-order valence-corrected chi connectivity index (χ4v) is 1.27. The van der Waals surface area contributed by atoms with Gasteiger partial charge in [0.15, 0.2) is 5.22 Å². The van der Waals surface area contributed by atoms with E-state index in [1.54, 1.807) is 6.92 Å². The fraction of sp³-hybridized carbons (Fsp3) is 0.375. The van der Waals surface area contributed by atoms with Gasteiger partial charge in [-0.1, -0.05) is 0 Å². The standard InChI is InChI=1S/C8H9ClO2/c1-5-7(3-4-10)6(2)11-8(5)9/h4H,3H2,1-2H3. The maximum Gasteiger partial charge on any atom is 0.196 e. The molecule has 1 aromatic rings. The molecule has 1 rings (SSSR count). The van der Waals surface area contributed by atoms with Gasteiger partial charge in [0.2, 0.25) is 0 Å². The van der Waals surface area contributed by atoms with Gasteiger partial charge >= 0.3 is 0 Å². The van der Waals surface area contributed by atoms with Gasteiger partial charge in [0.05, 0.1) is 0 Å². The zero-order valence-electron chi connectivity index (χ0n) is 6.48. The number of halogens is 1. The minimum absolute atomic E-state index is 0.383. The fourth-order valence-electron chi connectivity index (χ4n) is 1.04. The van der Waals surface area contributed by atoms with E-state index in [1.807, 2.05) is 6.92 Å². The van der Waals surface area contributed by atoms with E-state index in [2.05, 4.69) is 0 Å². The van der Waals surface area contributed by atoms with Gasteiger partial charge in [-0.2, -0.15) is 0 Å². The number of aldehydes is 1. The Morgan fingerprint density at radius 3 is 2.55 bits per heavy atom. The summed E-state index contributed by atoms with van der Waals surface area (Å²) in [4.78, 5) is 10.2. The van der Waals surface area contributed by atoms with Crippen molar-refractivity contribution in [1.29, 1.82) is 0 Å². The lowest BCUT2D eigenvalue weighted by Gasteiger charge is -1.90. The van der Waals surface area contributed by atoms with Crippen molar-refractivity contribution in [2.24, 2.45) is 0 Å². The van der Waals surface area contributed by atoms with Gasteiger partial charge in [-0.25, -0.2) is 0 Å². The topological polar surface area (TPSA) is 30.2 Å². The van der Waals surface area contributed by atoms with Crippen molar-refractivity contribution in [3.05, 3.63) is 22.1 Å². The van der Waals surface area contributed by atoms with Crippen molar-refractivity contribution in [2.75, 3.05) is 0 Å². The molecule has 0 bridgehead atoms. The second kappa shape index (κ2) is 3.09.